The number of benzene rings is 1. The molecule has 0 amide bonds. The number of ether oxygens (including phenoxy) is 1. The number of anilines is 1. The zero-order valence-corrected chi connectivity index (χ0v) is 11.0. The lowest BCUT2D eigenvalue weighted by atomic mass is 9.95. The third kappa shape index (κ3) is 3.48. The lowest BCUT2D eigenvalue weighted by Crippen LogP contribution is -2.44. The molecule has 1 aromatic carbocycles. The van der Waals surface area contributed by atoms with Crippen molar-refractivity contribution in [2.45, 2.75) is 39.2 Å². The summed E-state index contributed by atoms with van der Waals surface area (Å²) >= 11 is 0. The fourth-order valence-electron chi connectivity index (χ4n) is 1.90. The van der Waals surface area contributed by atoms with Gasteiger partial charge in [-0.25, -0.2) is 4.79 Å². The van der Waals surface area contributed by atoms with Crippen molar-refractivity contribution in [1.82, 2.24) is 0 Å². The molecule has 3 nitrogen and oxygen atoms in total. The lowest BCUT2D eigenvalue weighted by molar-refractivity contribution is -0.145. The van der Waals surface area contributed by atoms with Gasteiger partial charge in [-0.15, -0.1) is 0 Å². The predicted octanol–water partition coefficient (Wildman–Crippen LogP) is 3.14. The van der Waals surface area contributed by atoms with Crippen molar-refractivity contribution in [1.29, 1.82) is 0 Å². The molecule has 1 rings (SSSR count). The smallest absolute Gasteiger partial charge is 0.331 e. The molecule has 0 bridgehead atoms. The number of esters is 1. The van der Waals surface area contributed by atoms with Crippen LogP contribution in [0.25, 0.3) is 0 Å². The second kappa shape index (κ2) is 5.71. The van der Waals surface area contributed by atoms with Crippen LogP contribution in [0.4, 0.5) is 5.69 Å². The molecule has 0 aliphatic heterocycles. The molecule has 0 aromatic heterocycles. The third-order valence-electron chi connectivity index (χ3n) is 2.86. The highest BCUT2D eigenvalue weighted by Crippen LogP contribution is 2.21. The lowest BCUT2D eigenvalue weighted by Gasteiger charge is -2.28. The Balaban J connectivity index is 2.86. The summed E-state index contributed by atoms with van der Waals surface area (Å²) in [6, 6.07) is 8.00. The molecular formula is C14H21NO2. The molecule has 0 spiro atoms. The van der Waals surface area contributed by atoms with E-state index in [2.05, 4.69) is 12.2 Å². The van der Waals surface area contributed by atoms with E-state index in [-0.39, 0.29) is 5.97 Å². The minimum Gasteiger partial charge on any atom is -0.467 e. The van der Waals surface area contributed by atoms with Crippen LogP contribution in [0.2, 0.25) is 0 Å². The first-order chi connectivity index (χ1) is 8.01. The molecule has 1 atom stereocenters. The number of carbonyl (C=O) groups is 1. The molecule has 0 fully saturated rings. The number of rotatable bonds is 5. The molecule has 17 heavy (non-hydrogen) atoms. The van der Waals surface area contributed by atoms with Crippen molar-refractivity contribution < 1.29 is 9.53 Å². The maximum Gasteiger partial charge on any atom is 0.331 e. The highest BCUT2D eigenvalue weighted by atomic mass is 16.5. The van der Waals surface area contributed by atoms with E-state index in [0.717, 1.165) is 18.5 Å². The molecule has 0 radical (unpaired) electrons. The maximum absolute atomic E-state index is 11.8. The Kier molecular flexibility index (Phi) is 4.55. The summed E-state index contributed by atoms with van der Waals surface area (Å²) in [6.45, 7) is 5.97. The van der Waals surface area contributed by atoms with Crippen molar-refractivity contribution in [3.05, 3.63) is 29.8 Å². The largest absolute Gasteiger partial charge is 0.467 e. The highest BCUT2D eigenvalue weighted by Gasteiger charge is 2.33. The van der Waals surface area contributed by atoms with E-state index in [4.69, 9.17) is 4.74 Å². The molecule has 1 aromatic rings. The Bertz CT molecular complexity index is 372. The molecule has 0 heterocycles. The Hall–Kier alpha value is -1.51. The summed E-state index contributed by atoms with van der Waals surface area (Å²) in [6.07, 6.45) is 1.66. The van der Waals surface area contributed by atoms with Crippen LogP contribution in [-0.4, -0.2) is 18.6 Å². The van der Waals surface area contributed by atoms with Crippen molar-refractivity contribution >= 4 is 11.7 Å². The van der Waals surface area contributed by atoms with Gasteiger partial charge in [0.25, 0.3) is 0 Å². The minimum absolute atomic E-state index is 0.222. The minimum atomic E-state index is -0.654. The molecule has 1 unspecified atom stereocenters. The first-order valence-electron chi connectivity index (χ1n) is 5.95. The van der Waals surface area contributed by atoms with Gasteiger partial charge in [-0.1, -0.05) is 31.0 Å². The Morgan fingerprint density at radius 3 is 2.41 bits per heavy atom. The Labute approximate surface area is 103 Å². The SMILES string of the molecule is CCCC(C)(Nc1ccc(C)cc1)C(=O)OC. The first-order valence-corrected chi connectivity index (χ1v) is 5.95. The van der Waals surface area contributed by atoms with E-state index in [1.165, 1.54) is 12.7 Å². The summed E-state index contributed by atoms with van der Waals surface area (Å²) in [5, 5.41) is 3.26. The van der Waals surface area contributed by atoms with Gasteiger partial charge >= 0.3 is 5.97 Å². The molecule has 3 heteroatoms. The van der Waals surface area contributed by atoms with Gasteiger partial charge in [0.05, 0.1) is 7.11 Å². The second-order valence-electron chi connectivity index (χ2n) is 4.56. The van der Waals surface area contributed by atoms with Crippen LogP contribution in [0, 0.1) is 6.92 Å². The number of methoxy groups -OCH3 is 1. The van der Waals surface area contributed by atoms with Crippen LogP contribution >= 0.6 is 0 Å². The number of hydrogen-bond acceptors (Lipinski definition) is 3. The topological polar surface area (TPSA) is 38.3 Å². The maximum atomic E-state index is 11.8. The number of aryl methyl sites for hydroxylation is 1. The summed E-state index contributed by atoms with van der Waals surface area (Å²) in [4.78, 5) is 11.8. The highest BCUT2D eigenvalue weighted by molar-refractivity contribution is 5.83. The van der Waals surface area contributed by atoms with Crippen LogP contribution in [0.1, 0.15) is 32.3 Å². The standard InChI is InChI=1S/C14H21NO2/c1-5-10-14(3,13(16)17-4)15-12-8-6-11(2)7-9-12/h6-9,15H,5,10H2,1-4H3. The van der Waals surface area contributed by atoms with Gasteiger partial charge in [0.1, 0.15) is 5.54 Å². The van der Waals surface area contributed by atoms with Crippen LogP contribution in [0.5, 0.6) is 0 Å². The van der Waals surface area contributed by atoms with E-state index < -0.39 is 5.54 Å². The molecule has 0 saturated heterocycles. The molecule has 94 valence electrons. The van der Waals surface area contributed by atoms with E-state index >= 15 is 0 Å². The average Bonchev–Trinajstić information content (AvgIpc) is 2.31. The summed E-state index contributed by atoms with van der Waals surface area (Å²) in [5.74, 6) is -0.222. The molecule has 0 saturated carbocycles. The zero-order chi connectivity index (χ0) is 12.9. The average molecular weight is 235 g/mol. The van der Waals surface area contributed by atoms with Crippen LogP contribution < -0.4 is 5.32 Å². The van der Waals surface area contributed by atoms with Crippen LogP contribution in [0.3, 0.4) is 0 Å². The van der Waals surface area contributed by atoms with E-state index in [0.29, 0.717) is 0 Å². The van der Waals surface area contributed by atoms with Crippen molar-refractivity contribution in [2.24, 2.45) is 0 Å². The summed E-state index contributed by atoms with van der Waals surface area (Å²) in [5.41, 5.74) is 1.49. The third-order valence-corrected chi connectivity index (χ3v) is 2.86. The van der Waals surface area contributed by atoms with Crippen molar-refractivity contribution in [3.8, 4) is 0 Å². The quantitative estimate of drug-likeness (QED) is 0.797. The number of hydrogen-bond donors (Lipinski definition) is 1. The fourth-order valence-corrected chi connectivity index (χ4v) is 1.90. The number of nitrogens with one attached hydrogen (secondary N) is 1. The van der Waals surface area contributed by atoms with Crippen LogP contribution in [0.15, 0.2) is 24.3 Å². The predicted molar refractivity (Wildman–Crippen MR) is 70.1 cm³/mol. The number of carbonyl (C=O) groups excluding carboxylic acids is 1. The monoisotopic (exact) mass is 235 g/mol. The van der Waals surface area contributed by atoms with Gasteiger partial charge in [-0.3, -0.25) is 0 Å². The Morgan fingerprint density at radius 2 is 1.94 bits per heavy atom. The normalized spacial score (nSPS) is 13.9. The van der Waals surface area contributed by atoms with Gasteiger partial charge in [-0.2, -0.15) is 0 Å². The van der Waals surface area contributed by atoms with Gasteiger partial charge in [-0.05, 0) is 32.4 Å². The summed E-state index contributed by atoms with van der Waals surface area (Å²) in [7, 11) is 1.42. The summed E-state index contributed by atoms with van der Waals surface area (Å²) < 4.78 is 4.86. The van der Waals surface area contributed by atoms with Crippen molar-refractivity contribution in [2.75, 3.05) is 12.4 Å². The Morgan fingerprint density at radius 1 is 1.35 bits per heavy atom. The molecule has 0 aliphatic rings. The van der Waals surface area contributed by atoms with E-state index in [1.807, 2.05) is 38.1 Å². The molecule has 1 N–H and O–H groups in total. The molecular weight excluding hydrogens is 214 g/mol. The van der Waals surface area contributed by atoms with E-state index in [9.17, 15) is 4.79 Å². The van der Waals surface area contributed by atoms with Gasteiger partial charge in [0.2, 0.25) is 0 Å². The van der Waals surface area contributed by atoms with E-state index in [1.54, 1.807) is 0 Å². The second-order valence-corrected chi connectivity index (χ2v) is 4.56. The first kappa shape index (κ1) is 13.6. The van der Waals surface area contributed by atoms with Gasteiger partial charge in [0.15, 0.2) is 0 Å². The fraction of sp³-hybridized carbons (Fsp3) is 0.500. The van der Waals surface area contributed by atoms with Gasteiger partial charge < -0.3 is 10.1 Å². The van der Waals surface area contributed by atoms with Crippen LogP contribution in [-0.2, 0) is 9.53 Å². The zero-order valence-electron chi connectivity index (χ0n) is 11.0. The van der Waals surface area contributed by atoms with Gasteiger partial charge in [0, 0.05) is 5.69 Å². The molecule has 0 aliphatic carbocycles. The van der Waals surface area contributed by atoms with Crippen molar-refractivity contribution in [3.63, 3.8) is 0 Å².